The lowest BCUT2D eigenvalue weighted by Gasteiger charge is -2.21. The Bertz CT molecular complexity index is 691. The van der Waals surface area contributed by atoms with Gasteiger partial charge in [-0.25, -0.2) is 4.79 Å². The van der Waals surface area contributed by atoms with Gasteiger partial charge < -0.3 is 14.4 Å². The topological polar surface area (TPSA) is 68.5 Å². The average molecular weight is 287 g/mol. The summed E-state index contributed by atoms with van der Waals surface area (Å²) < 4.78 is 6.13. The second kappa shape index (κ2) is 6.37. The zero-order valence-corrected chi connectivity index (χ0v) is 11.9. The van der Waals surface area contributed by atoms with Crippen LogP contribution in [0.1, 0.15) is 27.7 Å². The number of carbonyl (C=O) groups is 1. The van der Waals surface area contributed by atoms with Crippen LogP contribution in [0.15, 0.2) is 47.3 Å². The number of rotatable bonds is 4. The standard InChI is InChI=1S/C16H17NO4/c1-11-13(16(20)21-2)8-9-15(19)17(11)14(10-18)12-6-4-3-5-7-12/h3-9,14,18H,10H2,1-2H3/t14-/m1/s1. The number of methoxy groups -OCH3 is 1. The summed E-state index contributed by atoms with van der Waals surface area (Å²) in [5, 5.41) is 9.69. The molecule has 5 nitrogen and oxygen atoms in total. The Balaban J connectivity index is 2.61. The lowest BCUT2D eigenvalue weighted by molar-refractivity contribution is 0.0598. The van der Waals surface area contributed by atoms with Crippen molar-refractivity contribution in [2.75, 3.05) is 13.7 Å². The number of hydrogen-bond acceptors (Lipinski definition) is 4. The van der Waals surface area contributed by atoms with Crippen molar-refractivity contribution in [3.05, 3.63) is 69.6 Å². The molecule has 0 saturated heterocycles. The number of esters is 1. The van der Waals surface area contributed by atoms with Crippen LogP contribution in [0.25, 0.3) is 0 Å². The Morgan fingerprint density at radius 1 is 1.24 bits per heavy atom. The first-order valence-corrected chi connectivity index (χ1v) is 6.56. The molecule has 0 fully saturated rings. The lowest BCUT2D eigenvalue weighted by atomic mass is 10.1. The lowest BCUT2D eigenvalue weighted by Crippen LogP contribution is -2.30. The molecule has 0 aliphatic rings. The predicted molar refractivity (Wildman–Crippen MR) is 78.4 cm³/mol. The molecule has 0 aliphatic carbocycles. The van der Waals surface area contributed by atoms with Gasteiger partial charge in [0, 0.05) is 11.8 Å². The third kappa shape index (κ3) is 2.87. The summed E-state index contributed by atoms with van der Waals surface area (Å²) in [6.07, 6.45) is 0. The third-order valence-electron chi connectivity index (χ3n) is 3.46. The van der Waals surface area contributed by atoms with E-state index in [2.05, 4.69) is 0 Å². The van der Waals surface area contributed by atoms with E-state index in [0.29, 0.717) is 11.3 Å². The molecule has 0 radical (unpaired) electrons. The highest BCUT2D eigenvalue weighted by molar-refractivity contribution is 5.90. The quantitative estimate of drug-likeness (QED) is 0.866. The van der Waals surface area contributed by atoms with Crippen LogP contribution in [0.5, 0.6) is 0 Å². The minimum atomic E-state index is -0.539. The van der Waals surface area contributed by atoms with Gasteiger partial charge in [0.2, 0.25) is 0 Å². The fraction of sp³-hybridized carbons (Fsp3) is 0.250. The van der Waals surface area contributed by atoms with Crippen molar-refractivity contribution in [1.29, 1.82) is 0 Å². The molecular weight excluding hydrogens is 270 g/mol. The molecule has 0 aliphatic heterocycles. The van der Waals surface area contributed by atoms with Gasteiger partial charge in [-0.05, 0) is 18.6 Å². The minimum Gasteiger partial charge on any atom is -0.465 e. The molecule has 21 heavy (non-hydrogen) atoms. The molecule has 1 aromatic heterocycles. The number of ether oxygens (including phenoxy) is 1. The number of hydrogen-bond donors (Lipinski definition) is 1. The van der Waals surface area contributed by atoms with E-state index in [4.69, 9.17) is 4.74 Å². The molecule has 1 N–H and O–H groups in total. The number of aliphatic hydroxyl groups is 1. The van der Waals surface area contributed by atoms with Crippen LogP contribution in [-0.2, 0) is 4.74 Å². The first-order chi connectivity index (χ1) is 10.1. The summed E-state index contributed by atoms with van der Waals surface area (Å²) in [5.74, 6) is -0.508. The Hall–Kier alpha value is -2.40. The Morgan fingerprint density at radius 2 is 1.90 bits per heavy atom. The Labute approximate surface area is 122 Å². The summed E-state index contributed by atoms with van der Waals surface area (Å²) in [6, 6.07) is 11.4. The van der Waals surface area contributed by atoms with Crippen molar-refractivity contribution < 1.29 is 14.6 Å². The molecule has 0 unspecified atom stereocenters. The summed E-state index contributed by atoms with van der Waals surface area (Å²) >= 11 is 0. The molecule has 1 heterocycles. The van der Waals surface area contributed by atoms with E-state index in [1.54, 1.807) is 6.92 Å². The number of carbonyl (C=O) groups excluding carboxylic acids is 1. The fourth-order valence-electron chi connectivity index (χ4n) is 2.37. The van der Waals surface area contributed by atoms with Gasteiger partial charge in [0.05, 0.1) is 25.3 Å². The summed E-state index contributed by atoms with van der Waals surface area (Å²) in [5.41, 5.74) is 1.30. The minimum absolute atomic E-state index is 0.241. The van der Waals surface area contributed by atoms with Gasteiger partial charge in [-0.3, -0.25) is 4.79 Å². The maximum atomic E-state index is 12.2. The van der Waals surface area contributed by atoms with E-state index in [-0.39, 0.29) is 12.2 Å². The van der Waals surface area contributed by atoms with Crippen molar-refractivity contribution in [3.8, 4) is 0 Å². The van der Waals surface area contributed by atoms with Crippen molar-refractivity contribution in [2.24, 2.45) is 0 Å². The Morgan fingerprint density at radius 3 is 2.48 bits per heavy atom. The molecule has 5 heteroatoms. The van der Waals surface area contributed by atoms with Crippen LogP contribution < -0.4 is 5.56 Å². The average Bonchev–Trinajstić information content (AvgIpc) is 2.51. The fourth-order valence-corrected chi connectivity index (χ4v) is 2.37. The number of benzene rings is 1. The summed E-state index contributed by atoms with van der Waals surface area (Å²) in [4.78, 5) is 23.9. The van der Waals surface area contributed by atoms with Gasteiger partial charge in [-0.2, -0.15) is 0 Å². The van der Waals surface area contributed by atoms with Crippen molar-refractivity contribution in [2.45, 2.75) is 13.0 Å². The maximum Gasteiger partial charge on any atom is 0.339 e. The zero-order valence-electron chi connectivity index (χ0n) is 11.9. The SMILES string of the molecule is COC(=O)c1ccc(=O)n([C@H](CO)c2ccccc2)c1C. The van der Waals surface area contributed by atoms with Crippen molar-refractivity contribution in [3.63, 3.8) is 0 Å². The van der Waals surface area contributed by atoms with Crippen LogP contribution >= 0.6 is 0 Å². The van der Waals surface area contributed by atoms with Gasteiger partial charge in [0.25, 0.3) is 5.56 Å². The Kier molecular flexibility index (Phi) is 4.55. The maximum absolute atomic E-state index is 12.2. The monoisotopic (exact) mass is 287 g/mol. The highest BCUT2D eigenvalue weighted by Gasteiger charge is 2.20. The predicted octanol–water partition coefficient (Wildman–Crippen LogP) is 1.53. The molecule has 1 aromatic carbocycles. The van der Waals surface area contributed by atoms with Crippen LogP contribution in [0.4, 0.5) is 0 Å². The van der Waals surface area contributed by atoms with Gasteiger partial charge >= 0.3 is 5.97 Å². The van der Waals surface area contributed by atoms with Crippen molar-refractivity contribution in [1.82, 2.24) is 4.57 Å². The van der Waals surface area contributed by atoms with Crippen LogP contribution in [0, 0.1) is 6.92 Å². The van der Waals surface area contributed by atoms with E-state index < -0.39 is 12.0 Å². The molecule has 1 atom stereocenters. The van der Waals surface area contributed by atoms with E-state index in [1.807, 2.05) is 30.3 Å². The highest BCUT2D eigenvalue weighted by Crippen LogP contribution is 2.19. The van der Waals surface area contributed by atoms with Gasteiger partial charge in [0.15, 0.2) is 0 Å². The third-order valence-corrected chi connectivity index (χ3v) is 3.46. The van der Waals surface area contributed by atoms with Crippen LogP contribution in [0.2, 0.25) is 0 Å². The van der Waals surface area contributed by atoms with E-state index in [9.17, 15) is 14.7 Å². The van der Waals surface area contributed by atoms with E-state index >= 15 is 0 Å². The highest BCUT2D eigenvalue weighted by atomic mass is 16.5. The largest absolute Gasteiger partial charge is 0.465 e. The van der Waals surface area contributed by atoms with E-state index in [1.165, 1.54) is 23.8 Å². The van der Waals surface area contributed by atoms with Gasteiger partial charge in [-0.15, -0.1) is 0 Å². The van der Waals surface area contributed by atoms with E-state index in [0.717, 1.165) is 5.56 Å². The molecule has 110 valence electrons. The number of nitrogens with zero attached hydrogens (tertiary/aromatic N) is 1. The first-order valence-electron chi connectivity index (χ1n) is 6.56. The van der Waals surface area contributed by atoms with Crippen LogP contribution in [-0.4, -0.2) is 29.4 Å². The van der Waals surface area contributed by atoms with Crippen LogP contribution in [0.3, 0.4) is 0 Å². The molecule has 0 saturated carbocycles. The first kappa shape index (κ1) is 15.0. The molecule has 0 bridgehead atoms. The summed E-state index contributed by atoms with van der Waals surface area (Å²) in [7, 11) is 1.29. The van der Waals surface area contributed by atoms with Crippen molar-refractivity contribution >= 4 is 5.97 Å². The normalized spacial score (nSPS) is 12.0. The molecule has 2 rings (SSSR count). The second-order valence-corrected chi connectivity index (χ2v) is 4.64. The molecular formula is C16H17NO4. The molecule has 0 spiro atoms. The molecule has 0 amide bonds. The smallest absolute Gasteiger partial charge is 0.339 e. The number of aromatic nitrogens is 1. The summed E-state index contributed by atoms with van der Waals surface area (Å²) in [6.45, 7) is 1.43. The second-order valence-electron chi connectivity index (χ2n) is 4.64. The molecule has 2 aromatic rings. The van der Waals surface area contributed by atoms with Gasteiger partial charge in [-0.1, -0.05) is 30.3 Å². The van der Waals surface area contributed by atoms with Gasteiger partial charge in [0.1, 0.15) is 0 Å². The zero-order chi connectivity index (χ0) is 15.4. The number of pyridine rings is 1. The number of aliphatic hydroxyl groups excluding tert-OH is 1.